The molecule has 2 aromatic rings. The van der Waals surface area contributed by atoms with Crippen molar-refractivity contribution in [3.05, 3.63) is 84.0 Å². The number of halogens is 1. The summed E-state index contributed by atoms with van der Waals surface area (Å²) in [5.41, 5.74) is 2.40. The van der Waals surface area contributed by atoms with Gasteiger partial charge in [0, 0.05) is 32.6 Å². The quantitative estimate of drug-likeness (QED) is 0.0607. The fourth-order valence-corrected chi connectivity index (χ4v) is 4.47. The molecule has 2 rings (SSSR count). The molecule has 0 bridgehead atoms. The SMILES string of the molecule is C=CCBr.C=CCOc1cccc(C(=O)OCC[Si](C)(C)C)c1C.Cc1c(O)cccc1C(=O)OCC[Si](C)(C)C.O=CO[O-].[H-].[K+].[K+]. The zero-order chi connectivity index (χ0) is 35.1. The Labute approximate surface area is 378 Å². The van der Waals surface area contributed by atoms with E-state index in [-0.39, 0.29) is 128 Å². The van der Waals surface area contributed by atoms with Crippen molar-refractivity contribution in [2.45, 2.75) is 65.2 Å². The van der Waals surface area contributed by atoms with Gasteiger partial charge < -0.3 is 30.9 Å². The van der Waals surface area contributed by atoms with Crippen molar-refractivity contribution < 1.29 is 148 Å². The van der Waals surface area contributed by atoms with Gasteiger partial charge in [-0.05, 0) is 50.2 Å². The first-order valence-corrected chi connectivity index (χ1v) is 22.9. The molecular formula is C33H51BrK2O9Si2. The van der Waals surface area contributed by atoms with E-state index < -0.39 is 16.1 Å². The molecule has 0 aliphatic heterocycles. The predicted octanol–water partition coefficient (Wildman–Crippen LogP) is 1.37. The molecule has 0 fully saturated rings. The molecule has 0 aromatic heterocycles. The van der Waals surface area contributed by atoms with Crippen LogP contribution in [0, 0.1) is 13.8 Å². The maximum Gasteiger partial charge on any atom is 1.00 e. The number of esters is 2. The largest absolute Gasteiger partial charge is 1.00 e. The monoisotopic (exact) mass is 804 g/mol. The Morgan fingerprint density at radius 1 is 0.851 bits per heavy atom. The molecule has 254 valence electrons. The van der Waals surface area contributed by atoms with Crippen LogP contribution in [-0.4, -0.2) is 64.8 Å². The molecule has 0 heterocycles. The van der Waals surface area contributed by atoms with E-state index in [0.717, 1.165) is 23.0 Å². The van der Waals surface area contributed by atoms with Crippen LogP contribution in [0.5, 0.6) is 11.5 Å². The van der Waals surface area contributed by atoms with Gasteiger partial charge in [-0.1, -0.05) is 86.1 Å². The van der Waals surface area contributed by atoms with Gasteiger partial charge in [0.15, 0.2) is 0 Å². The van der Waals surface area contributed by atoms with Gasteiger partial charge in [0.1, 0.15) is 18.1 Å². The predicted molar refractivity (Wildman–Crippen MR) is 189 cm³/mol. The van der Waals surface area contributed by atoms with E-state index in [0.29, 0.717) is 42.3 Å². The summed E-state index contributed by atoms with van der Waals surface area (Å²) >= 11 is 3.13. The first-order valence-electron chi connectivity index (χ1n) is 14.3. The molecule has 9 nitrogen and oxygen atoms in total. The number of ether oxygens (including phenoxy) is 3. The summed E-state index contributed by atoms with van der Waals surface area (Å²) in [6.45, 7) is 25.3. The molecule has 0 saturated carbocycles. The summed E-state index contributed by atoms with van der Waals surface area (Å²) < 4.78 is 16.1. The summed E-state index contributed by atoms with van der Waals surface area (Å²) in [5, 5.41) is 18.8. The van der Waals surface area contributed by atoms with Crippen molar-refractivity contribution in [3.8, 4) is 11.5 Å². The van der Waals surface area contributed by atoms with Crippen LogP contribution in [-0.2, 0) is 19.2 Å². The van der Waals surface area contributed by atoms with Crippen LogP contribution in [0.15, 0.2) is 61.7 Å². The number of hydrogen-bond acceptors (Lipinski definition) is 9. The third-order valence-electron chi connectivity index (χ3n) is 5.70. The molecule has 0 unspecified atom stereocenters. The van der Waals surface area contributed by atoms with E-state index in [1.54, 1.807) is 49.4 Å². The van der Waals surface area contributed by atoms with Gasteiger partial charge in [0.2, 0.25) is 0 Å². The summed E-state index contributed by atoms with van der Waals surface area (Å²) in [6.07, 6.45) is 3.47. The molecule has 0 saturated heterocycles. The second-order valence-corrected chi connectivity index (χ2v) is 23.9. The van der Waals surface area contributed by atoms with Gasteiger partial charge in [-0.3, -0.25) is 4.79 Å². The van der Waals surface area contributed by atoms with Crippen LogP contribution in [0.2, 0.25) is 51.4 Å². The van der Waals surface area contributed by atoms with Crippen molar-refractivity contribution in [2.24, 2.45) is 0 Å². The minimum absolute atomic E-state index is 0. The molecule has 1 N–H and O–H groups in total. The van der Waals surface area contributed by atoms with Crippen LogP contribution < -0.4 is 113 Å². The molecule has 0 amide bonds. The summed E-state index contributed by atoms with van der Waals surface area (Å²) in [4.78, 5) is 35.1. The number of hydrogen-bond donors (Lipinski definition) is 1. The van der Waals surface area contributed by atoms with E-state index in [9.17, 15) is 14.7 Å². The van der Waals surface area contributed by atoms with Crippen molar-refractivity contribution in [1.82, 2.24) is 0 Å². The van der Waals surface area contributed by atoms with Crippen molar-refractivity contribution in [3.63, 3.8) is 0 Å². The number of benzene rings is 2. The topological polar surface area (TPSA) is 131 Å². The molecule has 0 atom stereocenters. The Morgan fingerprint density at radius 2 is 1.26 bits per heavy atom. The molecule has 0 spiro atoms. The number of carbonyl (C=O) groups excluding carboxylic acids is 3. The molecule has 0 aliphatic carbocycles. The number of alkyl halides is 1. The van der Waals surface area contributed by atoms with Gasteiger partial charge >= 0.3 is 115 Å². The van der Waals surface area contributed by atoms with Crippen LogP contribution in [0.1, 0.15) is 33.3 Å². The number of aromatic hydroxyl groups is 1. The molecule has 14 heteroatoms. The van der Waals surface area contributed by atoms with E-state index in [2.05, 4.69) is 73.3 Å². The zero-order valence-corrected chi connectivity index (χ0v) is 39.8. The normalized spacial score (nSPS) is 9.74. The average molecular weight is 806 g/mol. The summed E-state index contributed by atoms with van der Waals surface area (Å²) in [5.74, 6) is 0.204. The molecule has 0 aliphatic rings. The zero-order valence-electron chi connectivity index (χ0n) is 30.9. The molecular weight excluding hydrogens is 755 g/mol. The van der Waals surface area contributed by atoms with Gasteiger partial charge in [0.25, 0.3) is 6.47 Å². The van der Waals surface area contributed by atoms with Gasteiger partial charge in [-0.25, -0.2) is 9.59 Å². The van der Waals surface area contributed by atoms with Crippen LogP contribution in [0.25, 0.3) is 0 Å². The molecule has 0 radical (unpaired) electrons. The molecule has 2 aromatic carbocycles. The Morgan fingerprint density at radius 3 is 1.62 bits per heavy atom. The van der Waals surface area contributed by atoms with Gasteiger partial charge in [0.05, 0.1) is 24.3 Å². The average Bonchev–Trinajstić information content (AvgIpc) is 2.97. The van der Waals surface area contributed by atoms with Gasteiger partial charge in [-0.2, -0.15) is 0 Å². The Hall–Kier alpha value is 0.0765. The second-order valence-electron chi connectivity index (χ2n) is 12.0. The van der Waals surface area contributed by atoms with E-state index >= 15 is 0 Å². The van der Waals surface area contributed by atoms with Crippen LogP contribution in [0.4, 0.5) is 0 Å². The van der Waals surface area contributed by atoms with Crippen molar-refractivity contribution in [2.75, 3.05) is 25.2 Å². The fraction of sp³-hybridized carbons (Fsp3) is 0.424. The van der Waals surface area contributed by atoms with E-state index in [4.69, 9.17) is 24.3 Å². The Bertz CT molecular complexity index is 1200. The molecule has 47 heavy (non-hydrogen) atoms. The first-order chi connectivity index (χ1) is 21.0. The minimum Gasteiger partial charge on any atom is -1.00 e. The summed E-state index contributed by atoms with van der Waals surface area (Å²) in [7, 11) is -2.36. The maximum absolute atomic E-state index is 12.1. The van der Waals surface area contributed by atoms with Crippen LogP contribution >= 0.6 is 15.9 Å². The number of phenols is 1. The standard InChI is InChI=1S/C16H24O3Si.C13H20O3Si.C3H5Br.CH2O3.2K.H/c1-6-10-18-15-9-7-8-14(13(15)2)16(17)19-11-12-20(3,4)5;1-10-11(6-5-7-12(10)14)13(15)16-8-9-17(2,3)4;1-2-3-4;2-1-4-3;;;/h6-9H,1,10-12H2,2-5H3;5-7,14H,8-9H2,1-4H3;2H,1,3H2;1,3H;;;/q;;;;2*+1;-1/p-1. The van der Waals surface area contributed by atoms with E-state index in [1.807, 2.05) is 13.0 Å². The van der Waals surface area contributed by atoms with Crippen molar-refractivity contribution in [1.29, 1.82) is 0 Å². The minimum atomic E-state index is -1.18. The number of rotatable bonds is 13. The fourth-order valence-electron chi connectivity index (χ4n) is 3.04. The first kappa shape index (κ1) is 53.9. The number of phenolic OH excluding ortho intramolecular Hbond substituents is 1. The second kappa shape index (κ2) is 30.9. The van der Waals surface area contributed by atoms with Gasteiger partial charge in [-0.15, -0.1) is 6.58 Å². The third kappa shape index (κ3) is 28.5. The van der Waals surface area contributed by atoms with E-state index in [1.165, 1.54) is 0 Å². The Kier molecular flexibility index (Phi) is 35.4. The van der Waals surface area contributed by atoms with Crippen molar-refractivity contribution >= 4 is 50.5 Å². The summed E-state index contributed by atoms with van der Waals surface area (Å²) in [6, 6.07) is 12.2. The number of allylic oxidation sites excluding steroid dienone is 1. The maximum atomic E-state index is 12.1. The Balaban J connectivity index is -0.000000201. The smallest absolute Gasteiger partial charge is 1.00 e. The van der Waals surface area contributed by atoms with Crippen LogP contribution in [0.3, 0.4) is 0 Å². The number of carbonyl (C=O) groups is 3. The third-order valence-corrected chi connectivity index (χ3v) is 9.57.